The van der Waals surface area contributed by atoms with E-state index in [2.05, 4.69) is 27.1 Å². The van der Waals surface area contributed by atoms with Crippen LogP contribution < -0.4 is 15.0 Å². The zero-order chi connectivity index (χ0) is 18.4. The van der Waals surface area contributed by atoms with Crippen molar-refractivity contribution < 1.29 is 9.53 Å². The molecule has 6 heteroatoms. The lowest BCUT2D eigenvalue weighted by Crippen LogP contribution is -2.44. The summed E-state index contributed by atoms with van der Waals surface area (Å²) in [6.07, 6.45) is 2.78. The Kier molecular flexibility index (Phi) is 6.07. The van der Waals surface area contributed by atoms with Crippen molar-refractivity contribution in [3.8, 4) is 5.75 Å². The number of ether oxygens (including phenoxy) is 1. The van der Waals surface area contributed by atoms with E-state index in [-0.39, 0.29) is 5.91 Å². The molecule has 1 aromatic heterocycles. The number of aromatic nitrogens is 1. The average Bonchev–Trinajstić information content (AvgIpc) is 2.68. The Morgan fingerprint density at radius 3 is 2.62 bits per heavy atom. The van der Waals surface area contributed by atoms with E-state index in [9.17, 15) is 4.79 Å². The van der Waals surface area contributed by atoms with Gasteiger partial charge < -0.3 is 19.9 Å². The predicted molar refractivity (Wildman–Crippen MR) is 104 cm³/mol. The van der Waals surface area contributed by atoms with E-state index in [1.807, 2.05) is 36.4 Å². The Morgan fingerprint density at radius 2 is 1.92 bits per heavy atom. The topological polar surface area (TPSA) is 57.7 Å². The van der Waals surface area contributed by atoms with Crippen LogP contribution in [-0.2, 0) is 11.2 Å². The quantitative estimate of drug-likeness (QED) is 0.863. The normalized spacial score (nSPS) is 14.9. The lowest BCUT2D eigenvalue weighted by molar-refractivity contribution is -0.116. The van der Waals surface area contributed by atoms with Crippen LogP contribution in [0.15, 0.2) is 42.6 Å². The largest absolute Gasteiger partial charge is 0.496 e. The van der Waals surface area contributed by atoms with Gasteiger partial charge in [0.1, 0.15) is 11.6 Å². The standard InChI is InChI=1S/C20H26N4O2/c1-23-11-13-24(14-12-23)19-9-8-17(15-21-19)22-20(25)10-7-16-5-3-4-6-18(16)26-2/h3-6,8-9,15H,7,10-14H2,1-2H3,(H,22,25). The molecule has 0 spiro atoms. The first-order valence-electron chi connectivity index (χ1n) is 8.97. The third kappa shape index (κ3) is 4.73. The number of aryl methyl sites for hydroxylation is 1. The van der Waals surface area contributed by atoms with Crippen molar-refractivity contribution in [3.05, 3.63) is 48.2 Å². The van der Waals surface area contributed by atoms with Crippen LogP contribution in [0.2, 0.25) is 0 Å². The van der Waals surface area contributed by atoms with Crippen LogP contribution in [0.4, 0.5) is 11.5 Å². The number of anilines is 2. The number of amides is 1. The van der Waals surface area contributed by atoms with Crippen molar-refractivity contribution >= 4 is 17.4 Å². The molecule has 1 N–H and O–H groups in total. The SMILES string of the molecule is COc1ccccc1CCC(=O)Nc1ccc(N2CCN(C)CC2)nc1. The smallest absolute Gasteiger partial charge is 0.224 e. The highest BCUT2D eigenvalue weighted by Crippen LogP contribution is 2.20. The molecule has 0 atom stereocenters. The van der Waals surface area contributed by atoms with Gasteiger partial charge in [-0.3, -0.25) is 4.79 Å². The summed E-state index contributed by atoms with van der Waals surface area (Å²) in [6.45, 7) is 4.05. The number of rotatable bonds is 6. The second-order valence-corrected chi connectivity index (χ2v) is 6.56. The lowest BCUT2D eigenvalue weighted by atomic mass is 10.1. The Labute approximate surface area is 154 Å². The van der Waals surface area contributed by atoms with Gasteiger partial charge in [0, 0.05) is 32.6 Å². The van der Waals surface area contributed by atoms with Crippen molar-refractivity contribution in [3.63, 3.8) is 0 Å². The van der Waals surface area contributed by atoms with Crippen LogP contribution in [-0.4, -0.2) is 56.1 Å². The number of benzene rings is 1. The van der Waals surface area contributed by atoms with Crippen molar-refractivity contribution in [2.75, 3.05) is 50.6 Å². The van der Waals surface area contributed by atoms with Gasteiger partial charge in [0.05, 0.1) is 19.0 Å². The number of carbonyl (C=O) groups is 1. The number of hydrogen-bond donors (Lipinski definition) is 1. The molecule has 1 amide bonds. The van der Waals surface area contributed by atoms with E-state index in [0.29, 0.717) is 12.8 Å². The molecule has 0 bridgehead atoms. The van der Waals surface area contributed by atoms with Crippen molar-refractivity contribution in [2.45, 2.75) is 12.8 Å². The van der Waals surface area contributed by atoms with Gasteiger partial charge in [-0.15, -0.1) is 0 Å². The number of nitrogens with one attached hydrogen (secondary N) is 1. The summed E-state index contributed by atoms with van der Waals surface area (Å²) in [5.41, 5.74) is 1.77. The van der Waals surface area contributed by atoms with Crippen molar-refractivity contribution in [1.82, 2.24) is 9.88 Å². The summed E-state index contributed by atoms with van der Waals surface area (Å²) in [6, 6.07) is 11.7. The van der Waals surface area contributed by atoms with Gasteiger partial charge in [-0.25, -0.2) is 4.98 Å². The fourth-order valence-corrected chi connectivity index (χ4v) is 3.06. The third-order valence-electron chi connectivity index (χ3n) is 4.67. The average molecular weight is 354 g/mol. The maximum absolute atomic E-state index is 12.2. The number of hydrogen-bond acceptors (Lipinski definition) is 5. The number of para-hydroxylation sites is 1. The Balaban J connectivity index is 1.51. The van der Waals surface area contributed by atoms with Crippen LogP contribution in [0.5, 0.6) is 5.75 Å². The first kappa shape index (κ1) is 18.2. The first-order valence-corrected chi connectivity index (χ1v) is 8.97. The van der Waals surface area contributed by atoms with E-state index >= 15 is 0 Å². The molecule has 2 heterocycles. The van der Waals surface area contributed by atoms with E-state index < -0.39 is 0 Å². The zero-order valence-corrected chi connectivity index (χ0v) is 15.4. The summed E-state index contributed by atoms with van der Waals surface area (Å²) in [5, 5.41) is 2.92. The highest BCUT2D eigenvalue weighted by molar-refractivity contribution is 5.90. The number of likely N-dealkylation sites (N-methyl/N-ethyl adjacent to an activating group) is 1. The highest BCUT2D eigenvalue weighted by Gasteiger charge is 2.15. The third-order valence-corrected chi connectivity index (χ3v) is 4.67. The van der Waals surface area contributed by atoms with Gasteiger partial charge >= 0.3 is 0 Å². The van der Waals surface area contributed by atoms with Gasteiger partial charge in [-0.1, -0.05) is 18.2 Å². The fraction of sp³-hybridized carbons (Fsp3) is 0.400. The molecular weight excluding hydrogens is 328 g/mol. The second-order valence-electron chi connectivity index (χ2n) is 6.56. The van der Waals surface area contributed by atoms with E-state index in [4.69, 9.17) is 4.74 Å². The van der Waals surface area contributed by atoms with E-state index in [0.717, 1.165) is 49.0 Å². The molecule has 3 rings (SSSR count). The maximum atomic E-state index is 12.2. The summed E-state index contributed by atoms with van der Waals surface area (Å²) < 4.78 is 5.32. The van der Waals surface area contributed by atoms with E-state index in [1.165, 1.54) is 0 Å². The maximum Gasteiger partial charge on any atom is 0.224 e. The number of pyridine rings is 1. The minimum atomic E-state index is -0.0231. The van der Waals surface area contributed by atoms with Gasteiger partial charge in [-0.2, -0.15) is 0 Å². The number of carbonyl (C=O) groups excluding carboxylic acids is 1. The summed E-state index contributed by atoms with van der Waals surface area (Å²) >= 11 is 0. The van der Waals surface area contributed by atoms with Crippen LogP contribution in [0, 0.1) is 0 Å². The lowest BCUT2D eigenvalue weighted by Gasteiger charge is -2.33. The molecule has 0 unspecified atom stereocenters. The molecule has 1 aliphatic heterocycles. The molecule has 1 saturated heterocycles. The van der Waals surface area contributed by atoms with E-state index in [1.54, 1.807) is 13.3 Å². The molecule has 6 nitrogen and oxygen atoms in total. The van der Waals surface area contributed by atoms with Crippen LogP contribution in [0.25, 0.3) is 0 Å². The molecule has 1 aromatic carbocycles. The zero-order valence-electron chi connectivity index (χ0n) is 15.4. The molecule has 0 radical (unpaired) electrons. The number of nitrogens with zero attached hydrogens (tertiary/aromatic N) is 3. The van der Waals surface area contributed by atoms with Crippen LogP contribution in [0.1, 0.15) is 12.0 Å². The van der Waals surface area contributed by atoms with Crippen molar-refractivity contribution in [2.24, 2.45) is 0 Å². The summed E-state index contributed by atoms with van der Waals surface area (Å²) in [5.74, 6) is 1.76. The molecule has 0 saturated carbocycles. The molecule has 1 fully saturated rings. The minimum absolute atomic E-state index is 0.0231. The minimum Gasteiger partial charge on any atom is -0.496 e. The molecule has 2 aromatic rings. The molecular formula is C20H26N4O2. The number of piperazine rings is 1. The summed E-state index contributed by atoms with van der Waals surface area (Å²) in [4.78, 5) is 21.3. The molecule has 1 aliphatic rings. The molecule has 26 heavy (non-hydrogen) atoms. The fourth-order valence-electron chi connectivity index (χ4n) is 3.06. The monoisotopic (exact) mass is 354 g/mol. The highest BCUT2D eigenvalue weighted by atomic mass is 16.5. The number of methoxy groups -OCH3 is 1. The predicted octanol–water partition coefficient (Wildman–Crippen LogP) is 2.41. The second kappa shape index (κ2) is 8.67. The summed E-state index contributed by atoms with van der Waals surface area (Å²) in [7, 11) is 3.78. The van der Waals surface area contributed by atoms with Crippen LogP contribution in [0.3, 0.4) is 0 Å². The van der Waals surface area contributed by atoms with Crippen LogP contribution >= 0.6 is 0 Å². The molecule has 138 valence electrons. The van der Waals surface area contributed by atoms with Gasteiger partial charge in [0.2, 0.25) is 5.91 Å². The Morgan fingerprint density at radius 1 is 1.15 bits per heavy atom. The van der Waals surface area contributed by atoms with Gasteiger partial charge in [0.25, 0.3) is 0 Å². The first-order chi connectivity index (χ1) is 12.7. The van der Waals surface area contributed by atoms with Gasteiger partial charge in [0.15, 0.2) is 0 Å². The van der Waals surface area contributed by atoms with Crippen molar-refractivity contribution in [1.29, 1.82) is 0 Å². The van der Waals surface area contributed by atoms with Gasteiger partial charge in [-0.05, 0) is 37.2 Å². The Hall–Kier alpha value is -2.60. The Bertz CT molecular complexity index is 725. The molecule has 0 aliphatic carbocycles.